The summed E-state index contributed by atoms with van der Waals surface area (Å²) in [6.45, 7) is 0.217. The number of carboxylic acid groups (broad SMARTS) is 1. The molecule has 2 aromatic carbocycles. The minimum atomic E-state index is -1.08. The highest BCUT2D eigenvalue weighted by Gasteiger charge is 2.36. The molecule has 2 amide bonds. The van der Waals surface area contributed by atoms with Gasteiger partial charge < -0.3 is 15.3 Å². The van der Waals surface area contributed by atoms with Crippen molar-refractivity contribution in [3.05, 3.63) is 99.6 Å². The Morgan fingerprint density at radius 2 is 1.85 bits per heavy atom. The number of rotatable bonds is 6. The lowest BCUT2D eigenvalue weighted by Gasteiger charge is -2.35. The summed E-state index contributed by atoms with van der Waals surface area (Å²) in [7, 11) is 0. The number of aromatic nitrogens is 5. The zero-order valence-corrected chi connectivity index (χ0v) is 21.5. The maximum atomic E-state index is 13.5. The quantitative estimate of drug-likeness (QED) is 0.266. The van der Waals surface area contributed by atoms with Gasteiger partial charge >= 0.3 is 5.97 Å². The fraction of sp³-hybridized carbons (Fsp3) is 0.115. The van der Waals surface area contributed by atoms with Crippen molar-refractivity contribution < 1.29 is 19.5 Å². The Hall–Kier alpha value is -4.61. The van der Waals surface area contributed by atoms with Gasteiger partial charge in [0.25, 0.3) is 5.91 Å². The molecule has 0 bridgehead atoms. The fourth-order valence-corrected chi connectivity index (χ4v) is 4.63. The number of pyridine rings is 1. The number of halogens is 2. The second-order valence-corrected chi connectivity index (χ2v) is 9.34. The van der Waals surface area contributed by atoms with Crippen LogP contribution < -0.4 is 5.32 Å². The number of nitrogens with zero attached hydrogens (tertiary/aromatic N) is 6. The van der Waals surface area contributed by atoms with E-state index >= 15 is 0 Å². The third kappa shape index (κ3) is 5.64. The summed E-state index contributed by atoms with van der Waals surface area (Å²) in [4.78, 5) is 44.0. The van der Waals surface area contributed by atoms with Crippen LogP contribution in [0.3, 0.4) is 0 Å². The molecule has 13 heteroatoms. The Bertz CT molecular complexity index is 1590. The number of tetrazole rings is 1. The van der Waals surface area contributed by atoms with Gasteiger partial charge in [-0.1, -0.05) is 29.3 Å². The molecule has 39 heavy (non-hydrogen) atoms. The maximum Gasteiger partial charge on any atom is 0.335 e. The van der Waals surface area contributed by atoms with E-state index in [9.17, 15) is 14.4 Å². The number of anilines is 1. The van der Waals surface area contributed by atoms with Gasteiger partial charge in [0.2, 0.25) is 5.91 Å². The van der Waals surface area contributed by atoms with Crippen molar-refractivity contribution >= 4 is 52.7 Å². The Morgan fingerprint density at radius 1 is 1.05 bits per heavy atom. The molecule has 1 aliphatic heterocycles. The van der Waals surface area contributed by atoms with Crippen LogP contribution in [0.5, 0.6) is 0 Å². The van der Waals surface area contributed by atoms with Crippen molar-refractivity contribution in [1.82, 2.24) is 30.1 Å². The smallest absolute Gasteiger partial charge is 0.335 e. The molecule has 5 rings (SSSR count). The minimum absolute atomic E-state index is 0.0823. The average Bonchev–Trinajstić information content (AvgIpc) is 3.46. The van der Waals surface area contributed by atoms with E-state index < -0.39 is 23.8 Å². The molecule has 2 N–H and O–H groups in total. The van der Waals surface area contributed by atoms with E-state index in [1.165, 1.54) is 46.3 Å². The van der Waals surface area contributed by atoms with Crippen LogP contribution in [0.4, 0.5) is 5.69 Å². The lowest BCUT2D eigenvalue weighted by atomic mass is 9.95. The molecule has 2 aromatic heterocycles. The van der Waals surface area contributed by atoms with Crippen molar-refractivity contribution in [2.45, 2.75) is 12.5 Å². The lowest BCUT2D eigenvalue weighted by molar-refractivity contribution is -0.135. The molecule has 0 saturated carbocycles. The first-order valence-electron chi connectivity index (χ1n) is 11.6. The molecule has 196 valence electrons. The van der Waals surface area contributed by atoms with Gasteiger partial charge in [-0.3, -0.25) is 9.59 Å². The molecule has 1 unspecified atom stereocenters. The Balaban J connectivity index is 1.45. The zero-order valence-electron chi connectivity index (χ0n) is 20.0. The van der Waals surface area contributed by atoms with Crippen molar-refractivity contribution in [1.29, 1.82) is 0 Å². The minimum Gasteiger partial charge on any atom is -0.478 e. The topological polar surface area (TPSA) is 143 Å². The number of hydrogen-bond acceptors (Lipinski definition) is 7. The number of fused-ring (bicyclic) bond motifs is 1. The summed E-state index contributed by atoms with van der Waals surface area (Å²) in [6, 6.07) is 13.0. The van der Waals surface area contributed by atoms with E-state index in [2.05, 4.69) is 25.8 Å². The van der Waals surface area contributed by atoms with Crippen LogP contribution in [0.15, 0.2) is 67.0 Å². The Kier molecular flexibility index (Phi) is 7.35. The summed E-state index contributed by atoms with van der Waals surface area (Å²) >= 11 is 12.3. The first-order chi connectivity index (χ1) is 18.8. The third-order valence-electron chi connectivity index (χ3n) is 6.09. The van der Waals surface area contributed by atoms with Gasteiger partial charge in [-0.15, -0.1) is 5.10 Å². The number of amides is 2. The standard InChI is InChI=1S/C26H19Cl2N7O4/c27-17-4-8-21(35-14-29-32-33-35)16(13-17)3-10-23(36)34-12-11-20-19(7-9-22(28)31-20)24(34)25(37)30-18-5-1-15(2-6-18)26(38)39/h1-10,13-14,24H,11-12H2,(H,30,37)(H,38,39)/b10-3+. The largest absolute Gasteiger partial charge is 0.478 e. The van der Waals surface area contributed by atoms with Crippen LogP contribution in [-0.4, -0.2) is 59.5 Å². The van der Waals surface area contributed by atoms with E-state index in [-0.39, 0.29) is 17.3 Å². The first kappa shape index (κ1) is 26.0. The molecule has 3 heterocycles. The molecule has 0 radical (unpaired) electrons. The van der Waals surface area contributed by atoms with Crippen LogP contribution in [0.1, 0.15) is 33.2 Å². The SMILES string of the molecule is O=C(O)c1ccc(NC(=O)C2c3ccc(Cl)nc3CCN2C(=O)/C=C/c2cc(Cl)ccc2-n2cnnn2)cc1. The van der Waals surface area contributed by atoms with Crippen molar-refractivity contribution in [3.8, 4) is 5.69 Å². The molecular weight excluding hydrogens is 545 g/mol. The van der Waals surface area contributed by atoms with Gasteiger partial charge in [0, 0.05) is 46.6 Å². The van der Waals surface area contributed by atoms with E-state index in [1.54, 1.807) is 36.4 Å². The van der Waals surface area contributed by atoms with E-state index in [0.717, 1.165) is 0 Å². The lowest BCUT2D eigenvalue weighted by Crippen LogP contribution is -2.45. The summed E-state index contributed by atoms with van der Waals surface area (Å²) in [5.74, 6) is -1.98. The highest BCUT2D eigenvalue weighted by atomic mass is 35.5. The highest BCUT2D eigenvalue weighted by Crippen LogP contribution is 2.32. The van der Waals surface area contributed by atoms with Gasteiger partial charge in [-0.25, -0.2) is 9.78 Å². The van der Waals surface area contributed by atoms with Gasteiger partial charge in [0.1, 0.15) is 17.5 Å². The van der Waals surface area contributed by atoms with Crippen molar-refractivity contribution in [2.75, 3.05) is 11.9 Å². The normalized spacial score (nSPS) is 14.7. The average molecular weight is 564 g/mol. The molecule has 0 aliphatic carbocycles. The van der Waals surface area contributed by atoms with Gasteiger partial charge in [-0.2, -0.15) is 4.68 Å². The second-order valence-electron chi connectivity index (χ2n) is 8.52. The van der Waals surface area contributed by atoms with Crippen LogP contribution in [-0.2, 0) is 16.0 Å². The number of carbonyl (C=O) groups excluding carboxylic acids is 2. The zero-order chi connectivity index (χ0) is 27.5. The Morgan fingerprint density at radius 3 is 2.56 bits per heavy atom. The third-order valence-corrected chi connectivity index (χ3v) is 6.54. The molecule has 1 atom stereocenters. The maximum absolute atomic E-state index is 13.5. The van der Waals surface area contributed by atoms with Crippen LogP contribution in [0.25, 0.3) is 11.8 Å². The van der Waals surface area contributed by atoms with E-state index in [1.807, 2.05) is 0 Å². The van der Waals surface area contributed by atoms with Crippen LogP contribution >= 0.6 is 23.2 Å². The second kappa shape index (κ2) is 11.0. The predicted molar refractivity (Wildman–Crippen MR) is 143 cm³/mol. The predicted octanol–water partition coefficient (Wildman–Crippen LogP) is 3.84. The Labute approximate surface area is 231 Å². The van der Waals surface area contributed by atoms with E-state index in [0.29, 0.717) is 39.6 Å². The molecule has 4 aromatic rings. The van der Waals surface area contributed by atoms with Gasteiger partial charge in [-0.05, 0) is 65.0 Å². The monoisotopic (exact) mass is 563 g/mol. The number of nitrogens with one attached hydrogen (secondary N) is 1. The van der Waals surface area contributed by atoms with Crippen LogP contribution in [0, 0.1) is 0 Å². The summed E-state index contributed by atoms with van der Waals surface area (Å²) in [6.07, 6.45) is 4.77. The summed E-state index contributed by atoms with van der Waals surface area (Å²) in [5, 5.41) is 23.8. The molecular formula is C26H19Cl2N7O4. The van der Waals surface area contributed by atoms with Crippen molar-refractivity contribution in [3.63, 3.8) is 0 Å². The van der Waals surface area contributed by atoms with Gasteiger partial charge in [0.05, 0.1) is 11.3 Å². The molecule has 0 saturated heterocycles. The summed E-state index contributed by atoms with van der Waals surface area (Å²) < 4.78 is 1.44. The fourth-order valence-electron chi connectivity index (χ4n) is 4.28. The molecule has 11 nitrogen and oxygen atoms in total. The molecule has 0 fully saturated rings. The van der Waals surface area contributed by atoms with Crippen LogP contribution in [0.2, 0.25) is 10.2 Å². The highest BCUT2D eigenvalue weighted by molar-refractivity contribution is 6.30. The number of benzene rings is 2. The number of aromatic carboxylic acids is 1. The van der Waals surface area contributed by atoms with Gasteiger partial charge in [0.15, 0.2) is 0 Å². The number of hydrogen-bond donors (Lipinski definition) is 2. The molecule has 0 spiro atoms. The summed E-state index contributed by atoms with van der Waals surface area (Å²) in [5.41, 5.74) is 2.83. The first-order valence-corrected chi connectivity index (χ1v) is 12.4. The number of carbonyl (C=O) groups is 3. The number of carboxylic acids is 1. The molecule has 1 aliphatic rings. The van der Waals surface area contributed by atoms with E-state index in [4.69, 9.17) is 28.3 Å². The van der Waals surface area contributed by atoms with Crippen molar-refractivity contribution in [2.24, 2.45) is 0 Å².